The summed E-state index contributed by atoms with van der Waals surface area (Å²) < 4.78 is 5.09. The average Bonchev–Trinajstić information content (AvgIpc) is 3.44. The lowest BCUT2D eigenvalue weighted by molar-refractivity contribution is 0.0995. The minimum Gasteiger partial charge on any atom is -0.459 e. The molecule has 1 saturated heterocycles. The molecule has 9 heteroatoms. The summed E-state index contributed by atoms with van der Waals surface area (Å²) in [5.41, 5.74) is 1.79. The van der Waals surface area contributed by atoms with Gasteiger partial charge in [0.25, 0.3) is 11.8 Å². The monoisotopic (exact) mass is 430 g/mol. The zero-order chi connectivity index (χ0) is 20.2. The molecule has 3 aromatic heterocycles. The lowest BCUT2D eigenvalue weighted by Crippen LogP contribution is -2.29. The van der Waals surface area contributed by atoms with Crippen LogP contribution in [0.4, 0.5) is 10.1 Å². The van der Waals surface area contributed by atoms with Gasteiger partial charge in [-0.2, -0.15) is 0 Å². The van der Waals surface area contributed by atoms with E-state index < -0.39 is 0 Å². The Morgan fingerprint density at radius 1 is 1.21 bits per heavy atom. The second-order valence-corrected chi connectivity index (χ2v) is 8.90. The fourth-order valence-electron chi connectivity index (χ4n) is 3.29. The van der Waals surface area contributed by atoms with Crippen LogP contribution in [0.1, 0.15) is 50.7 Å². The van der Waals surface area contributed by atoms with Gasteiger partial charge in [-0.1, -0.05) is 6.42 Å². The number of hydrogen-bond donors (Lipinski definition) is 2. The highest BCUT2D eigenvalue weighted by Gasteiger charge is 2.18. The highest BCUT2D eigenvalue weighted by molar-refractivity contribution is 7.18. The number of furan rings is 1. The molecule has 0 saturated carbocycles. The molecule has 3 aromatic rings. The normalized spacial score (nSPS) is 14.7. The molecule has 4 heterocycles. The summed E-state index contributed by atoms with van der Waals surface area (Å²) in [6.07, 6.45) is 5.23. The highest BCUT2D eigenvalue weighted by Crippen LogP contribution is 2.28. The Bertz CT molecular complexity index is 987. The van der Waals surface area contributed by atoms with Gasteiger partial charge in [0, 0.05) is 11.9 Å². The van der Waals surface area contributed by atoms with Crippen molar-refractivity contribution in [2.75, 3.05) is 23.7 Å². The Hall–Kier alpha value is -2.49. The predicted molar refractivity (Wildman–Crippen MR) is 115 cm³/mol. The number of likely N-dealkylation sites (tertiary alicyclic amines) is 1. The zero-order valence-corrected chi connectivity index (χ0v) is 17.7. The number of hydrogen-bond acceptors (Lipinski definition) is 7. The van der Waals surface area contributed by atoms with Gasteiger partial charge in [0.15, 0.2) is 10.9 Å². The number of rotatable bonds is 6. The topological polar surface area (TPSA) is 87.5 Å². The summed E-state index contributed by atoms with van der Waals surface area (Å²) in [5, 5.41) is 8.83. The van der Waals surface area contributed by atoms with Crippen molar-refractivity contribution < 1.29 is 14.0 Å². The number of thiazole rings is 1. The number of aryl methyl sites for hydroxylation is 1. The maximum Gasteiger partial charge on any atom is 0.291 e. The molecule has 1 fully saturated rings. The molecule has 0 bridgehead atoms. The van der Waals surface area contributed by atoms with Crippen LogP contribution in [0.25, 0.3) is 0 Å². The predicted octanol–water partition coefficient (Wildman–Crippen LogP) is 4.60. The van der Waals surface area contributed by atoms with Crippen LogP contribution in [-0.2, 0) is 6.54 Å². The number of amides is 2. The van der Waals surface area contributed by atoms with Crippen LogP contribution in [0.2, 0.25) is 0 Å². The molecule has 0 radical (unpaired) electrons. The Kier molecular flexibility index (Phi) is 6.08. The van der Waals surface area contributed by atoms with Gasteiger partial charge in [-0.05, 0) is 56.6 Å². The van der Waals surface area contributed by atoms with E-state index >= 15 is 0 Å². The van der Waals surface area contributed by atoms with Crippen LogP contribution >= 0.6 is 22.7 Å². The molecule has 7 nitrogen and oxygen atoms in total. The Labute approximate surface area is 176 Å². The van der Waals surface area contributed by atoms with Gasteiger partial charge < -0.3 is 9.73 Å². The van der Waals surface area contributed by atoms with E-state index in [1.807, 2.05) is 12.3 Å². The molecule has 2 N–H and O–H groups in total. The quantitative estimate of drug-likeness (QED) is 0.597. The van der Waals surface area contributed by atoms with Crippen LogP contribution in [0.15, 0.2) is 34.3 Å². The van der Waals surface area contributed by atoms with Gasteiger partial charge in [0.2, 0.25) is 0 Å². The minimum atomic E-state index is -0.342. The van der Waals surface area contributed by atoms with E-state index in [9.17, 15) is 9.59 Å². The number of anilines is 2. The Balaban J connectivity index is 1.37. The van der Waals surface area contributed by atoms with Crippen molar-refractivity contribution in [2.24, 2.45) is 0 Å². The smallest absolute Gasteiger partial charge is 0.291 e. The molecule has 0 atom stereocenters. The number of piperidine rings is 1. The van der Waals surface area contributed by atoms with Gasteiger partial charge in [-0.25, -0.2) is 4.98 Å². The molecule has 0 spiro atoms. The molecule has 0 aliphatic carbocycles. The number of carbonyl (C=O) groups is 2. The van der Waals surface area contributed by atoms with E-state index in [2.05, 4.69) is 20.5 Å². The maximum absolute atomic E-state index is 12.7. The molecule has 2 amide bonds. The summed E-state index contributed by atoms with van der Waals surface area (Å²) in [7, 11) is 0. The molecular weight excluding hydrogens is 408 g/mol. The Morgan fingerprint density at radius 3 is 2.79 bits per heavy atom. The highest BCUT2D eigenvalue weighted by atomic mass is 32.1. The summed E-state index contributed by atoms with van der Waals surface area (Å²) in [6, 6.07) is 5.03. The molecule has 29 heavy (non-hydrogen) atoms. The van der Waals surface area contributed by atoms with Crippen molar-refractivity contribution in [3.05, 3.63) is 51.7 Å². The van der Waals surface area contributed by atoms with Gasteiger partial charge in [0.05, 0.1) is 21.8 Å². The van der Waals surface area contributed by atoms with Gasteiger partial charge in [-0.3, -0.25) is 19.8 Å². The largest absolute Gasteiger partial charge is 0.459 e. The molecule has 4 rings (SSSR count). The molecular formula is C20H22N4O3S2. The number of carbonyl (C=O) groups excluding carboxylic acids is 2. The van der Waals surface area contributed by atoms with Gasteiger partial charge in [-0.15, -0.1) is 22.7 Å². The molecule has 1 aliphatic rings. The van der Waals surface area contributed by atoms with Crippen LogP contribution < -0.4 is 10.6 Å². The number of nitrogens with one attached hydrogen (secondary N) is 2. The van der Waals surface area contributed by atoms with Crippen molar-refractivity contribution in [3.8, 4) is 0 Å². The van der Waals surface area contributed by atoms with Crippen LogP contribution in [-0.4, -0.2) is 34.8 Å². The average molecular weight is 431 g/mol. The van der Waals surface area contributed by atoms with Crippen molar-refractivity contribution in [1.29, 1.82) is 0 Å². The summed E-state index contributed by atoms with van der Waals surface area (Å²) in [6.45, 7) is 4.89. The lowest BCUT2D eigenvalue weighted by Gasteiger charge is -2.25. The van der Waals surface area contributed by atoms with E-state index in [0.29, 0.717) is 15.0 Å². The first-order chi connectivity index (χ1) is 14.1. The van der Waals surface area contributed by atoms with E-state index in [1.165, 1.54) is 48.2 Å². The summed E-state index contributed by atoms with van der Waals surface area (Å²) >= 11 is 2.67. The van der Waals surface area contributed by atoms with Gasteiger partial charge >= 0.3 is 0 Å². The van der Waals surface area contributed by atoms with Crippen LogP contribution in [0.5, 0.6) is 0 Å². The van der Waals surface area contributed by atoms with Crippen molar-refractivity contribution in [3.63, 3.8) is 0 Å². The van der Waals surface area contributed by atoms with E-state index in [-0.39, 0.29) is 17.6 Å². The van der Waals surface area contributed by atoms with Crippen LogP contribution in [0.3, 0.4) is 0 Å². The third-order valence-corrected chi connectivity index (χ3v) is 6.67. The third kappa shape index (κ3) is 4.92. The van der Waals surface area contributed by atoms with Crippen LogP contribution in [0, 0.1) is 6.92 Å². The van der Waals surface area contributed by atoms with E-state index in [0.717, 1.165) is 30.9 Å². The molecule has 0 aromatic carbocycles. The number of thiophene rings is 1. The fourth-order valence-corrected chi connectivity index (χ4v) is 4.95. The lowest BCUT2D eigenvalue weighted by atomic mass is 10.1. The summed E-state index contributed by atoms with van der Waals surface area (Å²) in [5.74, 6) is -0.332. The SMILES string of the molecule is Cc1cc(NC(=O)c2ccco2)sc1C(=O)Nc1nc(CN2CCCCC2)cs1. The Morgan fingerprint density at radius 2 is 2.03 bits per heavy atom. The maximum atomic E-state index is 12.7. The number of aromatic nitrogens is 1. The first kappa shape index (κ1) is 19.8. The number of nitrogens with zero attached hydrogens (tertiary/aromatic N) is 2. The molecule has 0 unspecified atom stereocenters. The first-order valence-corrected chi connectivity index (χ1v) is 11.2. The summed E-state index contributed by atoms with van der Waals surface area (Å²) in [4.78, 5) is 32.3. The van der Waals surface area contributed by atoms with E-state index in [1.54, 1.807) is 18.2 Å². The van der Waals surface area contributed by atoms with Crippen molar-refractivity contribution in [2.45, 2.75) is 32.7 Å². The third-order valence-electron chi connectivity index (χ3n) is 4.71. The molecule has 1 aliphatic heterocycles. The van der Waals surface area contributed by atoms with Crippen molar-refractivity contribution >= 4 is 44.6 Å². The standard InChI is InChI=1S/C20H22N4O3S2/c1-13-10-16(22-18(25)15-6-5-9-27-15)29-17(13)19(26)23-20-21-14(12-28-20)11-24-7-3-2-4-8-24/h5-6,9-10,12H,2-4,7-8,11H2,1H3,(H,22,25)(H,21,23,26). The molecule has 152 valence electrons. The zero-order valence-electron chi connectivity index (χ0n) is 16.1. The second-order valence-electron chi connectivity index (χ2n) is 6.99. The fraction of sp³-hybridized carbons (Fsp3) is 0.350. The van der Waals surface area contributed by atoms with Gasteiger partial charge in [0.1, 0.15) is 0 Å². The first-order valence-electron chi connectivity index (χ1n) is 9.52. The second kappa shape index (κ2) is 8.89. The van der Waals surface area contributed by atoms with Crippen molar-refractivity contribution in [1.82, 2.24) is 9.88 Å². The minimum absolute atomic E-state index is 0.218. The van der Waals surface area contributed by atoms with E-state index in [4.69, 9.17) is 4.42 Å².